The van der Waals surface area contributed by atoms with Crippen LogP contribution in [0.1, 0.15) is 59.9 Å². The highest BCUT2D eigenvalue weighted by Crippen LogP contribution is 2.17. The maximum absolute atomic E-state index is 12.2. The zero-order chi connectivity index (χ0) is 18.2. The Bertz CT molecular complexity index is 490. The minimum Gasteiger partial charge on any atom is -0.444 e. The van der Waals surface area contributed by atoms with Gasteiger partial charge < -0.3 is 15.4 Å². The summed E-state index contributed by atoms with van der Waals surface area (Å²) in [4.78, 5) is 12.2. The van der Waals surface area contributed by atoms with Gasteiger partial charge in [0.05, 0.1) is 5.54 Å². The van der Waals surface area contributed by atoms with Crippen molar-refractivity contribution in [3.05, 3.63) is 35.9 Å². The van der Waals surface area contributed by atoms with E-state index in [9.17, 15) is 4.79 Å². The monoisotopic (exact) mass is 334 g/mol. The molecule has 0 saturated heterocycles. The lowest BCUT2D eigenvalue weighted by Crippen LogP contribution is -2.56. The van der Waals surface area contributed by atoms with E-state index in [2.05, 4.69) is 55.7 Å². The van der Waals surface area contributed by atoms with Crippen molar-refractivity contribution < 1.29 is 9.53 Å². The number of benzene rings is 1. The Labute approximate surface area is 147 Å². The van der Waals surface area contributed by atoms with Crippen molar-refractivity contribution in [2.75, 3.05) is 6.54 Å². The normalized spacial score (nSPS) is 13.4. The van der Waals surface area contributed by atoms with Crippen LogP contribution in [-0.4, -0.2) is 29.8 Å². The lowest BCUT2D eigenvalue weighted by Gasteiger charge is -2.35. The Morgan fingerprint density at radius 3 is 2.21 bits per heavy atom. The lowest BCUT2D eigenvalue weighted by molar-refractivity contribution is 0.0444. The Hall–Kier alpha value is -1.55. The molecule has 0 heterocycles. The maximum atomic E-state index is 12.2. The molecule has 1 amide bonds. The van der Waals surface area contributed by atoms with Crippen LogP contribution in [0.25, 0.3) is 0 Å². The quantitative estimate of drug-likeness (QED) is 0.745. The van der Waals surface area contributed by atoms with E-state index in [4.69, 9.17) is 4.74 Å². The molecule has 2 N–H and O–H groups in total. The van der Waals surface area contributed by atoms with Crippen LogP contribution in [0.2, 0.25) is 0 Å². The summed E-state index contributed by atoms with van der Waals surface area (Å²) in [6, 6.07) is 10.8. The molecular formula is C20H34N2O2. The molecule has 1 atom stereocenters. The number of amides is 1. The van der Waals surface area contributed by atoms with Crippen LogP contribution in [0.15, 0.2) is 30.3 Å². The fraction of sp³-hybridized carbons (Fsp3) is 0.650. The first-order chi connectivity index (χ1) is 11.2. The number of alkyl carbamates (subject to hydrolysis) is 1. The highest BCUT2D eigenvalue weighted by Gasteiger charge is 2.30. The van der Waals surface area contributed by atoms with E-state index in [1.807, 2.05) is 26.8 Å². The number of hydrogen-bond acceptors (Lipinski definition) is 3. The molecule has 1 rings (SSSR count). The van der Waals surface area contributed by atoms with Crippen molar-refractivity contribution in [2.24, 2.45) is 0 Å². The van der Waals surface area contributed by atoms with Gasteiger partial charge in [0.1, 0.15) is 5.60 Å². The van der Waals surface area contributed by atoms with Crippen LogP contribution < -0.4 is 10.6 Å². The largest absolute Gasteiger partial charge is 0.444 e. The second kappa shape index (κ2) is 9.07. The van der Waals surface area contributed by atoms with E-state index in [1.165, 1.54) is 5.56 Å². The Morgan fingerprint density at radius 1 is 1.12 bits per heavy atom. The number of rotatable bonds is 8. The summed E-state index contributed by atoms with van der Waals surface area (Å²) in [6.07, 6.45) is 2.34. The Morgan fingerprint density at radius 2 is 1.71 bits per heavy atom. The van der Waals surface area contributed by atoms with Crippen molar-refractivity contribution in [2.45, 2.75) is 78.0 Å². The molecule has 0 saturated carbocycles. The van der Waals surface area contributed by atoms with Gasteiger partial charge in [0.25, 0.3) is 0 Å². The zero-order valence-electron chi connectivity index (χ0n) is 16.1. The van der Waals surface area contributed by atoms with Gasteiger partial charge in [-0.2, -0.15) is 0 Å². The molecule has 4 nitrogen and oxygen atoms in total. The predicted octanol–water partition coefficient (Wildman–Crippen LogP) is 4.29. The molecule has 0 aliphatic carbocycles. The first-order valence-electron chi connectivity index (χ1n) is 8.98. The van der Waals surface area contributed by atoms with Crippen molar-refractivity contribution in [3.8, 4) is 0 Å². The molecule has 4 heteroatoms. The summed E-state index contributed by atoms with van der Waals surface area (Å²) >= 11 is 0. The SMILES string of the molecule is CCC(CC)(CNC(C)Cc1ccccc1)NC(=O)OC(C)(C)C. The average molecular weight is 335 g/mol. The van der Waals surface area contributed by atoms with Crippen molar-refractivity contribution in [3.63, 3.8) is 0 Å². The van der Waals surface area contributed by atoms with Crippen LogP contribution >= 0.6 is 0 Å². The van der Waals surface area contributed by atoms with Gasteiger partial charge in [-0.3, -0.25) is 0 Å². The van der Waals surface area contributed by atoms with Crippen molar-refractivity contribution in [1.29, 1.82) is 0 Å². The molecule has 0 fully saturated rings. The number of ether oxygens (including phenoxy) is 1. The second-order valence-electron chi connectivity index (χ2n) is 7.59. The molecule has 1 aromatic carbocycles. The molecule has 0 radical (unpaired) electrons. The molecular weight excluding hydrogens is 300 g/mol. The second-order valence-corrected chi connectivity index (χ2v) is 7.59. The topological polar surface area (TPSA) is 50.4 Å². The molecule has 1 unspecified atom stereocenters. The third kappa shape index (κ3) is 7.35. The molecule has 0 aliphatic rings. The Kier molecular flexibility index (Phi) is 7.74. The minimum absolute atomic E-state index is 0.284. The average Bonchev–Trinajstić information content (AvgIpc) is 2.51. The van der Waals surface area contributed by atoms with E-state index in [0.717, 1.165) is 25.8 Å². The van der Waals surface area contributed by atoms with Crippen LogP contribution in [0.3, 0.4) is 0 Å². The third-order valence-electron chi connectivity index (χ3n) is 4.29. The highest BCUT2D eigenvalue weighted by molar-refractivity contribution is 5.68. The lowest BCUT2D eigenvalue weighted by atomic mass is 9.92. The van der Waals surface area contributed by atoms with E-state index in [1.54, 1.807) is 0 Å². The first-order valence-corrected chi connectivity index (χ1v) is 8.98. The minimum atomic E-state index is -0.481. The van der Waals surface area contributed by atoms with E-state index < -0.39 is 5.60 Å². The van der Waals surface area contributed by atoms with Gasteiger partial charge in [-0.25, -0.2) is 4.79 Å². The summed E-state index contributed by atoms with van der Waals surface area (Å²) < 4.78 is 5.42. The highest BCUT2D eigenvalue weighted by atomic mass is 16.6. The number of hydrogen-bond donors (Lipinski definition) is 2. The van der Waals surface area contributed by atoms with Crippen LogP contribution in [0, 0.1) is 0 Å². The Balaban J connectivity index is 2.59. The van der Waals surface area contributed by atoms with Crippen molar-refractivity contribution in [1.82, 2.24) is 10.6 Å². The van der Waals surface area contributed by atoms with Crippen LogP contribution in [-0.2, 0) is 11.2 Å². The number of carbonyl (C=O) groups is 1. The van der Waals surface area contributed by atoms with Gasteiger partial charge in [-0.05, 0) is 52.5 Å². The fourth-order valence-corrected chi connectivity index (χ4v) is 2.65. The maximum Gasteiger partial charge on any atom is 0.408 e. The van der Waals surface area contributed by atoms with Gasteiger partial charge in [-0.15, -0.1) is 0 Å². The number of carbonyl (C=O) groups excluding carboxylic acids is 1. The van der Waals surface area contributed by atoms with E-state index in [-0.39, 0.29) is 11.6 Å². The van der Waals surface area contributed by atoms with Crippen LogP contribution in [0.4, 0.5) is 4.79 Å². The van der Waals surface area contributed by atoms with Gasteiger partial charge >= 0.3 is 6.09 Å². The summed E-state index contributed by atoms with van der Waals surface area (Å²) in [5.74, 6) is 0. The molecule has 0 spiro atoms. The third-order valence-corrected chi connectivity index (χ3v) is 4.29. The molecule has 24 heavy (non-hydrogen) atoms. The molecule has 1 aromatic rings. The molecule has 0 bridgehead atoms. The van der Waals surface area contributed by atoms with E-state index in [0.29, 0.717) is 6.04 Å². The predicted molar refractivity (Wildman–Crippen MR) is 100 cm³/mol. The molecule has 136 valence electrons. The number of nitrogens with one attached hydrogen (secondary N) is 2. The first kappa shape index (κ1) is 20.5. The van der Waals surface area contributed by atoms with Crippen LogP contribution in [0.5, 0.6) is 0 Å². The summed E-state index contributed by atoms with van der Waals surface area (Å²) in [6.45, 7) is 12.8. The molecule has 0 aromatic heterocycles. The van der Waals surface area contributed by atoms with Gasteiger partial charge in [0.15, 0.2) is 0 Å². The molecule has 0 aliphatic heterocycles. The summed E-state index contributed by atoms with van der Waals surface area (Å²) in [5, 5.41) is 6.65. The fourth-order valence-electron chi connectivity index (χ4n) is 2.65. The van der Waals surface area contributed by atoms with Gasteiger partial charge in [-0.1, -0.05) is 44.2 Å². The van der Waals surface area contributed by atoms with Gasteiger partial charge in [0, 0.05) is 12.6 Å². The van der Waals surface area contributed by atoms with Gasteiger partial charge in [0.2, 0.25) is 0 Å². The van der Waals surface area contributed by atoms with E-state index >= 15 is 0 Å². The smallest absolute Gasteiger partial charge is 0.408 e. The summed E-state index contributed by atoms with van der Waals surface area (Å²) in [7, 11) is 0. The zero-order valence-corrected chi connectivity index (χ0v) is 16.1. The summed E-state index contributed by atoms with van der Waals surface area (Å²) in [5.41, 5.74) is 0.551. The standard InChI is InChI=1S/C20H34N2O2/c1-7-20(8-2,22-18(23)24-19(4,5)6)15-21-16(3)14-17-12-10-9-11-13-17/h9-13,16,21H,7-8,14-15H2,1-6H3,(H,22,23). The van der Waals surface area contributed by atoms with Crippen molar-refractivity contribution >= 4 is 6.09 Å².